The Kier molecular flexibility index (Phi) is 5.66. The van der Waals surface area contributed by atoms with Gasteiger partial charge in [0.1, 0.15) is 10.6 Å². The molecule has 0 bridgehead atoms. The number of thioether (sulfide) groups is 1. The van der Waals surface area contributed by atoms with E-state index < -0.39 is 0 Å². The van der Waals surface area contributed by atoms with Gasteiger partial charge in [0.2, 0.25) is 0 Å². The molecule has 0 fully saturated rings. The number of para-hydroxylation sites is 1. The number of rotatable bonds is 5. The molecular formula is C26H21N3O4S2. The molecule has 1 N–H and O–H groups in total. The molecule has 7 nitrogen and oxygen atoms in total. The van der Waals surface area contributed by atoms with Crippen LogP contribution < -0.4 is 15.6 Å². The van der Waals surface area contributed by atoms with E-state index in [1.54, 1.807) is 34.1 Å². The van der Waals surface area contributed by atoms with Crippen LogP contribution in [-0.2, 0) is 17.6 Å². The fourth-order valence-corrected chi connectivity index (χ4v) is 6.77. The number of hydrogen-bond acceptors (Lipinski definition) is 7. The summed E-state index contributed by atoms with van der Waals surface area (Å²) in [5, 5.41) is 3.94. The number of anilines is 1. The van der Waals surface area contributed by atoms with Crippen LogP contribution in [0.4, 0.5) is 5.69 Å². The first-order valence-corrected chi connectivity index (χ1v) is 13.2. The highest BCUT2D eigenvalue weighted by Crippen LogP contribution is 2.35. The lowest BCUT2D eigenvalue weighted by Gasteiger charge is -2.18. The van der Waals surface area contributed by atoms with Gasteiger partial charge in [0.05, 0.1) is 22.5 Å². The van der Waals surface area contributed by atoms with E-state index in [1.165, 1.54) is 16.6 Å². The van der Waals surface area contributed by atoms with Crippen molar-refractivity contribution in [3.05, 3.63) is 74.9 Å². The second-order valence-corrected chi connectivity index (χ2v) is 10.5. The van der Waals surface area contributed by atoms with Crippen LogP contribution >= 0.6 is 23.1 Å². The number of carbonyl (C=O) groups is 2. The summed E-state index contributed by atoms with van der Waals surface area (Å²) in [4.78, 5) is 45.3. The zero-order chi connectivity index (χ0) is 23.9. The van der Waals surface area contributed by atoms with Gasteiger partial charge in [-0.1, -0.05) is 30.0 Å². The topological polar surface area (TPSA) is 90.3 Å². The van der Waals surface area contributed by atoms with Gasteiger partial charge in [-0.05, 0) is 61.6 Å². The highest BCUT2D eigenvalue weighted by atomic mass is 32.2. The number of hydrogen-bond donors (Lipinski definition) is 1. The van der Waals surface area contributed by atoms with E-state index in [1.807, 2.05) is 30.3 Å². The number of Topliss-reactive ketones (excluding diaryl/α,β-unsaturated/α-hetero) is 1. The molecule has 35 heavy (non-hydrogen) atoms. The third kappa shape index (κ3) is 4.04. The van der Waals surface area contributed by atoms with Gasteiger partial charge in [-0.25, -0.2) is 4.98 Å². The Morgan fingerprint density at radius 1 is 1.11 bits per heavy atom. The van der Waals surface area contributed by atoms with E-state index in [0.717, 1.165) is 47.2 Å². The van der Waals surface area contributed by atoms with Gasteiger partial charge >= 0.3 is 0 Å². The molecule has 2 aliphatic rings. The van der Waals surface area contributed by atoms with Crippen molar-refractivity contribution in [1.29, 1.82) is 0 Å². The zero-order valence-electron chi connectivity index (χ0n) is 18.7. The summed E-state index contributed by atoms with van der Waals surface area (Å²) in [6.45, 7) is -0.0343. The first kappa shape index (κ1) is 22.1. The summed E-state index contributed by atoms with van der Waals surface area (Å²) in [5.41, 5.74) is 2.74. The highest BCUT2D eigenvalue weighted by Gasteiger charge is 2.24. The van der Waals surface area contributed by atoms with Crippen LogP contribution in [0.25, 0.3) is 15.9 Å². The minimum atomic E-state index is -0.250. The van der Waals surface area contributed by atoms with E-state index in [9.17, 15) is 14.4 Å². The lowest BCUT2D eigenvalue weighted by atomic mass is 9.97. The smallest absolute Gasteiger partial charge is 0.267 e. The van der Waals surface area contributed by atoms with Crippen molar-refractivity contribution >= 4 is 50.7 Å². The Hall–Kier alpha value is -3.43. The molecule has 0 saturated heterocycles. The second kappa shape index (κ2) is 8.98. The van der Waals surface area contributed by atoms with Gasteiger partial charge in [-0.15, -0.1) is 11.3 Å². The van der Waals surface area contributed by atoms with Gasteiger partial charge in [0, 0.05) is 10.4 Å². The van der Waals surface area contributed by atoms with Crippen LogP contribution in [-0.4, -0.2) is 33.6 Å². The predicted molar refractivity (Wildman–Crippen MR) is 137 cm³/mol. The molecule has 0 atom stereocenters. The summed E-state index contributed by atoms with van der Waals surface area (Å²) >= 11 is 2.85. The Labute approximate surface area is 209 Å². The van der Waals surface area contributed by atoms with Crippen molar-refractivity contribution in [2.45, 2.75) is 30.8 Å². The SMILES string of the molecule is O=C1COc2ccc(C(=O)CSc3nc4sc5c(c4c(=O)n3-c3ccccc3)CCCC5)cc2N1. The molecule has 2 aromatic heterocycles. The Balaban J connectivity index is 1.37. The van der Waals surface area contributed by atoms with Gasteiger partial charge in [0.25, 0.3) is 11.5 Å². The lowest BCUT2D eigenvalue weighted by Crippen LogP contribution is -2.25. The van der Waals surface area contributed by atoms with Crippen molar-refractivity contribution in [1.82, 2.24) is 9.55 Å². The Morgan fingerprint density at radius 3 is 2.80 bits per heavy atom. The fourth-order valence-electron chi connectivity index (χ4n) is 4.56. The molecule has 0 radical (unpaired) electrons. The number of nitrogens with one attached hydrogen (secondary N) is 1. The number of nitrogens with zero attached hydrogens (tertiary/aromatic N) is 2. The zero-order valence-corrected chi connectivity index (χ0v) is 20.3. The number of thiophene rings is 1. The third-order valence-electron chi connectivity index (χ3n) is 6.24. The number of carbonyl (C=O) groups excluding carboxylic acids is 2. The second-order valence-electron chi connectivity index (χ2n) is 8.52. The quantitative estimate of drug-likeness (QED) is 0.243. The molecular weight excluding hydrogens is 482 g/mol. The molecule has 9 heteroatoms. The van der Waals surface area contributed by atoms with E-state index in [2.05, 4.69) is 5.32 Å². The molecule has 0 spiro atoms. The monoisotopic (exact) mass is 503 g/mol. The number of aromatic nitrogens is 2. The number of fused-ring (bicyclic) bond motifs is 4. The van der Waals surface area contributed by atoms with E-state index >= 15 is 0 Å². The van der Waals surface area contributed by atoms with Crippen LogP contribution in [0.5, 0.6) is 5.75 Å². The largest absolute Gasteiger partial charge is 0.482 e. The maximum Gasteiger partial charge on any atom is 0.267 e. The first-order valence-electron chi connectivity index (χ1n) is 11.4. The van der Waals surface area contributed by atoms with Crippen molar-refractivity contribution in [2.75, 3.05) is 17.7 Å². The van der Waals surface area contributed by atoms with Gasteiger partial charge in [-0.2, -0.15) is 0 Å². The van der Waals surface area contributed by atoms with Crippen molar-refractivity contribution < 1.29 is 14.3 Å². The molecule has 1 amide bonds. The summed E-state index contributed by atoms with van der Waals surface area (Å²) in [6.07, 6.45) is 4.11. The van der Waals surface area contributed by atoms with Crippen LogP contribution in [0.15, 0.2) is 58.5 Å². The Morgan fingerprint density at radius 2 is 1.94 bits per heavy atom. The molecule has 4 aromatic rings. The van der Waals surface area contributed by atoms with Gasteiger partial charge in [-0.3, -0.25) is 19.0 Å². The van der Waals surface area contributed by atoms with Crippen molar-refractivity contribution in [2.24, 2.45) is 0 Å². The normalized spacial score (nSPS) is 14.7. The summed E-state index contributed by atoms with van der Waals surface area (Å²) in [6, 6.07) is 14.4. The van der Waals surface area contributed by atoms with Crippen molar-refractivity contribution in [3.63, 3.8) is 0 Å². The average molecular weight is 504 g/mol. The third-order valence-corrected chi connectivity index (χ3v) is 8.36. The molecule has 0 unspecified atom stereocenters. The molecule has 1 aliphatic heterocycles. The average Bonchev–Trinajstić information content (AvgIpc) is 3.26. The standard InChI is InChI=1S/C26H21N3O4S2/c30-19(15-10-11-20-18(12-15)27-22(31)13-33-20)14-34-26-28-24-23(17-8-4-5-9-21(17)35-24)25(32)29(26)16-6-2-1-3-7-16/h1-3,6-7,10-12H,4-5,8-9,13-14H2,(H,27,31). The highest BCUT2D eigenvalue weighted by molar-refractivity contribution is 7.99. The molecule has 176 valence electrons. The summed E-state index contributed by atoms with van der Waals surface area (Å²) in [5.74, 6) is 0.265. The predicted octanol–water partition coefficient (Wildman–Crippen LogP) is 4.63. The molecule has 6 rings (SSSR count). The molecule has 0 saturated carbocycles. The number of benzene rings is 2. The first-order chi connectivity index (χ1) is 17.1. The van der Waals surface area contributed by atoms with E-state index in [4.69, 9.17) is 9.72 Å². The van der Waals surface area contributed by atoms with Gasteiger partial charge in [0.15, 0.2) is 17.5 Å². The van der Waals surface area contributed by atoms with Crippen LogP contribution in [0, 0.1) is 0 Å². The minimum Gasteiger partial charge on any atom is -0.482 e. The summed E-state index contributed by atoms with van der Waals surface area (Å²) < 4.78 is 7.01. The van der Waals surface area contributed by atoms with Gasteiger partial charge < -0.3 is 10.1 Å². The van der Waals surface area contributed by atoms with E-state index in [-0.39, 0.29) is 29.6 Å². The van der Waals surface area contributed by atoms with Crippen LogP contribution in [0.3, 0.4) is 0 Å². The number of amides is 1. The summed E-state index contributed by atoms with van der Waals surface area (Å²) in [7, 11) is 0. The van der Waals surface area contributed by atoms with Crippen LogP contribution in [0.2, 0.25) is 0 Å². The number of ketones is 1. The van der Waals surface area contributed by atoms with E-state index in [0.29, 0.717) is 22.2 Å². The minimum absolute atomic E-state index is 0.0343. The fraction of sp³-hybridized carbons (Fsp3) is 0.231. The molecule has 3 heterocycles. The van der Waals surface area contributed by atoms with Crippen LogP contribution in [0.1, 0.15) is 33.6 Å². The molecule has 1 aliphatic carbocycles. The number of ether oxygens (including phenoxy) is 1. The maximum atomic E-state index is 13.8. The number of aryl methyl sites for hydroxylation is 2. The van der Waals surface area contributed by atoms with Crippen molar-refractivity contribution in [3.8, 4) is 11.4 Å². The Bertz CT molecular complexity index is 1540. The maximum absolute atomic E-state index is 13.8. The molecule has 2 aromatic carbocycles. The lowest BCUT2D eigenvalue weighted by molar-refractivity contribution is -0.118.